The minimum Gasteiger partial charge on any atom is -0.396 e. The van der Waals surface area contributed by atoms with Crippen molar-refractivity contribution >= 4 is 22.4 Å². The van der Waals surface area contributed by atoms with Gasteiger partial charge in [-0.15, -0.1) is 0 Å². The van der Waals surface area contributed by atoms with E-state index >= 15 is 0 Å². The zero-order valence-electron chi connectivity index (χ0n) is 9.05. The number of anilines is 1. The molecular weight excluding hydrogens is 228 g/mol. The first-order valence-electron chi connectivity index (χ1n) is 5.01. The van der Waals surface area contributed by atoms with Crippen LogP contribution in [0.4, 0.5) is 5.69 Å². The number of aryl methyl sites for hydroxylation is 1. The largest absolute Gasteiger partial charge is 0.396 e. The van der Waals surface area contributed by atoms with E-state index in [-0.39, 0.29) is 5.91 Å². The molecule has 0 spiro atoms. The first kappa shape index (κ1) is 11.1. The summed E-state index contributed by atoms with van der Waals surface area (Å²) < 4.78 is 12.7. The quantitative estimate of drug-likeness (QED) is 0.699. The monoisotopic (exact) mass is 242 g/mol. The summed E-state index contributed by atoms with van der Waals surface area (Å²) in [5, 5.41) is 3.93. The van der Waals surface area contributed by atoms with Gasteiger partial charge >= 0.3 is 0 Å². The van der Waals surface area contributed by atoms with Gasteiger partial charge in [0.2, 0.25) is 0 Å². The molecule has 6 nitrogen and oxygen atoms in total. The summed E-state index contributed by atoms with van der Waals surface area (Å²) in [5.74, 6) is 0.960. The SMILES string of the molecule is Cn1ncc(N)c1C(=O)N1CCS(=O)CC1. The molecule has 1 amide bonds. The molecule has 0 bridgehead atoms. The number of aromatic nitrogens is 2. The van der Waals surface area contributed by atoms with E-state index in [1.807, 2.05) is 0 Å². The molecule has 2 rings (SSSR count). The van der Waals surface area contributed by atoms with Gasteiger partial charge in [-0.25, -0.2) is 0 Å². The zero-order valence-corrected chi connectivity index (χ0v) is 9.87. The first-order valence-corrected chi connectivity index (χ1v) is 6.50. The van der Waals surface area contributed by atoms with Crippen molar-refractivity contribution in [1.29, 1.82) is 0 Å². The third-order valence-corrected chi connectivity index (χ3v) is 3.91. The van der Waals surface area contributed by atoms with Gasteiger partial charge in [0.1, 0.15) is 5.69 Å². The lowest BCUT2D eigenvalue weighted by molar-refractivity contribution is 0.0761. The zero-order chi connectivity index (χ0) is 11.7. The van der Waals surface area contributed by atoms with E-state index in [0.717, 1.165) is 0 Å². The molecular formula is C9H14N4O2S. The maximum atomic E-state index is 12.1. The van der Waals surface area contributed by atoms with Crippen molar-refractivity contribution in [2.45, 2.75) is 0 Å². The van der Waals surface area contributed by atoms with Crippen molar-refractivity contribution < 1.29 is 9.00 Å². The Kier molecular flexibility index (Phi) is 2.95. The van der Waals surface area contributed by atoms with Crippen molar-refractivity contribution in [1.82, 2.24) is 14.7 Å². The molecule has 2 heterocycles. The van der Waals surface area contributed by atoms with Gasteiger partial charge in [0.15, 0.2) is 0 Å². The van der Waals surface area contributed by atoms with Crippen LogP contribution in [0.5, 0.6) is 0 Å². The third-order valence-electron chi connectivity index (χ3n) is 2.63. The van der Waals surface area contributed by atoms with Crippen LogP contribution in [0.1, 0.15) is 10.5 Å². The topological polar surface area (TPSA) is 81.2 Å². The van der Waals surface area contributed by atoms with E-state index in [0.29, 0.717) is 36.0 Å². The highest BCUT2D eigenvalue weighted by molar-refractivity contribution is 7.85. The maximum Gasteiger partial charge on any atom is 0.274 e. The fraction of sp³-hybridized carbons (Fsp3) is 0.556. The maximum absolute atomic E-state index is 12.1. The number of nitrogens with two attached hydrogens (primary N) is 1. The van der Waals surface area contributed by atoms with Crippen molar-refractivity contribution in [2.24, 2.45) is 7.05 Å². The Morgan fingerprint density at radius 2 is 2.12 bits per heavy atom. The van der Waals surface area contributed by atoms with Gasteiger partial charge in [0, 0.05) is 42.4 Å². The van der Waals surface area contributed by atoms with Crippen LogP contribution in [0.2, 0.25) is 0 Å². The Hall–Kier alpha value is -1.37. The lowest BCUT2D eigenvalue weighted by Crippen LogP contribution is -2.42. The normalized spacial score (nSPS) is 17.7. The molecule has 1 aliphatic heterocycles. The van der Waals surface area contributed by atoms with E-state index in [4.69, 9.17) is 5.73 Å². The van der Waals surface area contributed by atoms with Gasteiger partial charge in [0.25, 0.3) is 5.91 Å². The number of nitrogen functional groups attached to an aromatic ring is 1. The van der Waals surface area contributed by atoms with Gasteiger partial charge in [-0.3, -0.25) is 13.7 Å². The van der Waals surface area contributed by atoms with Gasteiger partial charge < -0.3 is 10.6 Å². The Morgan fingerprint density at radius 3 is 2.62 bits per heavy atom. The number of carbonyl (C=O) groups is 1. The molecule has 0 aliphatic carbocycles. The standard InChI is InChI=1S/C9H14N4O2S/c1-12-8(7(10)6-11-12)9(14)13-2-4-16(15)5-3-13/h6H,2-5,10H2,1H3. The lowest BCUT2D eigenvalue weighted by Gasteiger charge is -2.26. The molecule has 1 saturated heterocycles. The number of hydrogen-bond acceptors (Lipinski definition) is 4. The van der Waals surface area contributed by atoms with Crippen LogP contribution in [0.25, 0.3) is 0 Å². The molecule has 1 fully saturated rings. The third kappa shape index (κ3) is 1.95. The summed E-state index contributed by atoms with van der Waals surface area (Å²) in [6, 6.07) is 0. The molecule has 0 radical (unpaired) electrons. The second kappa shape index (κ2) is 4.25. The van der Waals surface area contributed by atoms with Gasteiger partial charge in [-0.2, -0.15) is 5.10 Å². The summed E-state index contributed by atoms with van der Waals surface area (Å²) in [4.78, 5) is 13.8. The average Bonchev–Trinajstić information content (AvgIpc) is 2.59. The summed E-state index contributed by atoms with van der Waals surface area (Å²) >= 11 is 0. The van der Waals surface area contributed by atoms with Crippen molar-refractivity contribution in [2.75, 3.05) is 30.3 Å². The molecule has 16 heavy (non-hydrogen) atoms. The second-order valence-electron chi connectivity index (χ2n) is 3.71. The van der Waals surface area contributed by atoms with E-state index in [9.17, 15) is 9.00 Å². The highest BCUT2D eigenvalue weighted by atomic mass is 32.2. The molecule has 2 N–H and O–H groups in total. The molecule has 1 aliphatic rings. The van der Waals surface area contributed by atoms with Gasteiger partial charge in [-0.1, -0.05) is 0 Å². The molecule has 1 aromatic heterocycles. The van der Waals surface area contributed by atoms with E-state index in [2.05, 4.69) is 5.10 Å². The Bertz CT molecular complexity index is 413. The predicted molar refractivity (Wildman–Crippen MR) is 61.4 cm³/mol. The molecule has 1 aromatic rings. The van der Waals surface area contributed by atoms with E-state index in [1.165, 1.54) is 10.9 Å². The summed E-state index contributed by atoms with van der Waals surface area (Å²) in [5.41, 5.74) is 6.48. The molecule has 88 valence electrons. The molecule has 0 atom stereocenters. The molecule has 7 heteroatoms. The Morgan fingerprint density at radius 1 is 1.50 bits per heavy atom. The summed E-state index contributed by atoms with van der Waals surface area (Å²) in [6.07, 6.45) is 1.47. The number of amides is 1. The number of nitrogens with zero attached hydrogens (tertiary/aromatic N) is 3. The highest BCUT2D eigenvalue weighted by Crippen LogP contribution is 2.13. The summed E-state index contributed by atoms with van der Waals surface area (Å²) in [7, 11) is 0.904. The van der Waals surface area contributed by atoms with Crippen LogP contribution < -0.4 is 5.73 Å². The minimum atomic E-state index is -0.782. The average molecular weight is 242 g/mol. The minimum absolute atomic E-state index is 0.130. The van der Waals surface area contributed by atoms with Crippen LogP contribution in [0.15, 0.2) is 6.20 Å². The van der Waals surface area contributed by atoms with Crippen LogP contribution in [0.3, 0.4) is 0 Å². The lowest BCUT2D eigenvalue weighted by atomic mass is 10.3. The van der Waals surface area contributed by atoms with Crippen LogP contribution in [-0.4, -0.2) is 49.4 Å². The summed E-state index contributed by atoms with van der Waals surface area (Å²) in [6.45, 7) is 1.05. The molecule has 0 saturated carbocycles. The first-order chi connectivity index (χ1) is 7.59. The van der Waals surface area contributed by atoms with E-state index < -0.39 is 10.8 Å². The number of hydrogen-bond donors (Lipinski definition) is 1. The van der Waals surface area contributed by atoms with Crippen molar-refractivity contribution in [3.8, 4) is 0 Å². The van der Waals surface area contributed by atoms with Crippen molar-refractivity contribution in [3.63, 3.8) is 0 Å². The second-order valence-corrected chi connectivity index (χ2v) is 5.41. The highest BCUT2D eigenvalue weighted by Gasteiger charge is 2.25. The molecule has 0 aromatic carbocycles. The van der Waals surface area contributed by atoms with Crippen LogP contribution >= 0.6 is 0 Å². The number of carbonyl (C=O) groups excluding carboxylic acids is 1. The van der Waals surface area contributed by atoms with Gasteiger partial charge in [0.05, 0.1) is 11.9 Å². The van der Waals surface area contributed by atoms with Gasteiger partial charge in [-0.05, 0) is 0 Å². The predicted octanol–water partition coefficient (Wildman–Crippen LogP) is -0.793. The van der Waals surface area contributed by atoms with E-state index in [1.54, 1.807) is 11.9 Å². The fourth-order valence-corrected chi connectivity index (χ4v) is 2.76. The molecule has 0 unspecified atom stereocenters. The van der Waals surface area contributed by atoms with Crippen LogP contribution in [0, 0.1) is 0 Å². The Labute approximate surface area is 95.9 Å². The Balaban J connectivity index is 2.17. The van der Waals surface area contributed by atoms with Crippen LogP contribution in [-0.2, 0) is 17.8 Å². The smallest absolute Gasteiger partial charge is 0.274 e. The fourth-order valence-electron chi connectivity index (χ4n) is 1.71. The number of rotatable bonds is 1. The van der Waals surface area contributed by atoms with Crippen molar-refractivity contribution in [3.05, 3.63) is 11.9 Å².